The molecule has 0 saturated carbocycles. The molecule has 0 aliphatic heterocycles. The van der Waals surface area contributed by atoms with E-state index in [-0.39, 0.29) is 0 Å². The zero-order valence-electron chi connectivity index (χ0n) is 29.8. The molecule has 5 aromatic rings. The molecule has 0 N–H and O–H groups in total. The summed E-state index contributed by atoms with van der Waals surface area (Å²) in [6, 6.07) is 17.1. The third kappa shape index (κ3) is 9.81. The molecule has 47 heavy (non-hydrogen) atoms. The van der Waals surface area contributed by atoms with Crippen molar-refractivity contribution in [2.24, 2.45) is 0 Å². The van der Waals surface area contributed by atoms with Crippen molar-refractivity contribution in [2.45, 2.75) is 144 Å². The van der Waals surface area contributed by atoms with Crippen molar-refractivity contribution in [3.63, 3.8) is 0 Å². The SMILES string of the molecule is CCCCCCc1cc(C)sc1-c1ccc(-c2cc(CCCCCC)c(-c3sc(-c4ccc(C(C)C)s4)cc3CCCCCC)s2)s1. The number of thiophene rings is 5. The summed E-state index contributed by atoms with van der Waals surface area (Å²) >= 11 is 10.1. The number of hydrogen-bond donors (Lipinski definition) is 0. The molecule has 0 radical (unpaired) electrons. The maximum atomic E-state index is 2.58. The monoisotopic (exact) mass is 720 g/mol. The van der Waals surface area contributed by atoms with Gasteiger partial charge in [0.2, 0.25) is 0 Å². The first-order valence-electron chi connectivity index (χ1n) is 18.5. The van der Waals surface area contributed by atoms with Gasteiger partial charge in [0, 0.05) is 48.8 Å². The summed E-state index contributed by atoms with van der Waals surface area (Å²) in [5.74, 6) is 0.585. The lowest BCUT2D eigenvalue weighted by Gasteiger charge is -2.06. The highest BCUT2D eigenvalue weighted by atomic mass is 32.1. The molecule has 5 heteroatoms. The first-order valence-corrected chi connectivity index (χ1v) is 22.6. The molecule has 0 aromatic carbocycles. The largest absolute Gasteiger partial charge is 0.139 e. The van der Waals surface area contributed by atoms with E-state index in [1.165, 1.54) is 135 Å². The first-order chi connectivity index (χ1) is 22.9. The molecule has 254 valence electrons. The Kier molecular flexibility index (Phi) is 14.5. The van der Waals surface area contributed by atoms with E-state index in [4.69, 9.17) is 0 Å². The number of aryl methyl sites for hydroxylation is 4. The van der Waals surface area contributed by atoms with Gasteiger partial charge in [0.05, 0.1) is 0 Å². The van der Waals surface area contributed by atoms with Crippen LogP contribution in [0.5, 0.6) is 0 Å². The molecular formula is C42H56S5. The minimum atomic E-state index is 0.585. The number of rotatable bonds is 20. The fraction of sp³-hybridized carbons (Fsp3) is 0.524. The van der Waals surface area contributed by atoms with Crippen LogP contribution in [0, 0.1) is 6.92 Å². The number of unbranched alkanes of at least 4 members (excludes halogenated alkanes) is 9. The van der Waals surface area contributed by atoms with Crippen LogP contribution in [0.1, 0.15) is 144 Å². The molecule has 5 heterocycles. The highest BCUT2D eigenvalue weighted by Gasteiger charge is 2.21. The van der Waals surface area contributed by atoms with Crippen LogP contribution in [-0.4, -0.2) is 0 Å². The lowest BCUT2D eigenvalue weighted by molar-refractivity contribution is 0.666. The summed E-state index contributed by atoms with van der Waals surface area (Å²) in [4.78, 5) is 14.8. The highest BCUT2D eigenvalue weighted by Crippen LogP contribution is 2.49. The van der Waals surface area contributed by atoms with Gasteiger partial charge in [0.1, 0.15) is 0 Å². The second-order valence-corrected chi connectivity index (χ2v) is 19.2. The molecule has 0 aliphatic rings. The van der Waals surface area contributed by atoms with Gasteiger partial charge in [-0.3, -0.25) is 0 Å². The molecule has 0 aliphatic carbocycles. The number of hydrogen-bond acceptors (Lipinski definition) is 5. The predicted octanol–water partition coefficient (Wildman–Crippen LogP) is 16.5. The Morgan fingerprint density at radius 2 is 0.915 bits per heavy atom. The van der Waals surface area contributed by atoms with Crippen LogP contribution >= 0.6 is 56.7 Å². The molecule has 0 atom stereocenters. The van der Waals surface area contributed by atoms with E-state index in [1.807, 2.05) is 34.0 Å². The average molecular weight is 721 g/mol. The van der Waals surface area contributed by atoms with Crippen molar-refractivity contribution in [3.05, 3.63) is 68.9 Å². The van der Waals surface area contributed by atoms with Gasteiger partial charge < -0.3 is 0 Å². The fourth-order valence-corrected chi connectivity index (χ4v) is 12.4. The van der Waals surface area contributed by atoms with E-state index in [0.29, 0.717) is 5.92 Å². The molecule has 0 saturated heterocycles. The van der Waals surface area contributed by atoms with E-state index in [9.17, 15) is 0 Å². The predicted molar refractivity (Wildman–Crippen MR) is 220 cm³/mol. The summed E-state index contributed by atoms with van der Waals surface area (Å²) < 4.78 is 0. The van der Waals surface area contributed by atoms with Crippen molar-refractivity contribution in [1.29, 1.82) is 0 Å². The Bertz CT molecular complexity index is 1650. The summed E-state index contributed by atoms with van der Waals surface area (Å²) in [6.07, 6.45) is 19.4. The first kappa shape index (κ1) is 36.8. The van der Waals surface area contributed by atoms with Crippen LogP contribution < -0.4 is 0 Å². The lowest BCUT2D eigenvalue weighted by atomic mass is 10.0. The van der Waals surface area contributed by atoms with E-state index >= 15 is 0 Å². The van der Waals surface area contributed by atoms with E-state index in [1.54, 1.807) is 26.4 Å². The van der Waals surface area contributed by atoms with Gasteiger partial charge in [0.25, 0.3) is 0 Å². The average Bonchev–Trinajstić information content (AvgIpc) is 3.89. The van der Waals surface area contributed by atoms with Gasteiger partial charge in [-0.2, -0.15) is 0 Å². The zero-order chi connectivity index (χ0) is 33.2. The lowest BCUT2D eigenvalue weighted by Crippen LogP contribution is -1.89. The Morgan fingerprint density at radius 1 is 0.447 bits per heavy atom. The normalized spacial score (nSPS) is 11.8. The summed E-state index contributed by atoms with van der Waals surface area (Å²) in [6.45, 7) is 13.9. The van der Waals surface area contributed by atoms with Crippen molar-refractivity contribution in [3.8, 4) is 39.0 Å². The molecule has 0 spiro atoms. The topological polar surface area (TPSA) is 0 Å². The molecule has 0 unspecified atom stereocenters. The van der Waals surface area contributed by atoms with E-state index < -0.39 is 0 Å². The van der Waals surface area contributed by atoms with Gasteiger partial charge in [-0.15, -0.1) is 56.7 Å². The molecule has 0 bridgehead atoms. The van der Waals surface area contributed by atoms with E-state index in [2.05, 4.69) is 107 Å². The fourth-order valence-electron chi connectivity index (χ4n) is 6.43. The molecule has 0 nitrogen and oxygen atoms in total. The second kappa shape index (κ2) is 18.5. The van der Waals surface area contributed by atoms with Gasteiger partial charge in [-0.1, -0.05) is 92.4 Å². The zero-order valence-corrected chi connectivity index (χ0v) is 33.8. The van der Waals surface area contributed by atoms with Gasteiger partial charge in [0.15, 0.2) is 0 Å². The molecule has 5 rings (SSSR count). The minimum Gasteiger partial charge on any atom is -0.139 e. The Morgan fingerprint density at radius 3 is 1.40 bits per heavy atom. The third-order valence-electron chi connectivity index (χ3n) is 9.17. The van der Waals surface area contributed by atoms with E-state index in [0.717, 1.165) is 0 Å². The summed E-state index contributed by atoms with van der Waals surface area (Å²) in [5.41, 5.74) is 4.72. The Hall–Kier alpha value is -1.50. The highest BCUT2D eigenvalue weighted by molar-refractivity contribution is 7.30. The van der Waals surface area contributed by atoms with Gasteiger partial charge in [-0.25, -0.2) is 0 Å². The van der Waals surface area contributed by atoms with Crippen LogP contribution in [0.25, 0.3) is 39.0 Å². The summed E-state index contributed by atoms with van der Waals surface area (Å²) in [5, 5.41) is 0. The van der Waals surface area contributed by atoms with Crippen LogP contribution in [0.15, 0.2) is 42.5 Å². The molecular weight excluding hydrogens is 665 g/mol. The van der Waals surface area contributed by atoms with Crippen LogP contribution in [0.4, 0.5) is 0 Å². The summed E-state index contributed by atoms with van der Waals surface area (Å²) in [7, 11) is 0. The molecule has 0 amide bonds. The maximum absolute atomic E-state index is 2.58. The minimum absolute atomic E-state index is 0.585. The van der Waals surface area contributed by atoms with Gasteiger partial charge >= 0.3 is 0 Å². The Balaban J connectivity index is 1.49. The molecule has 5 aromatic heterocycles. The smallest absolute Gasteiger partial charge is 0.0484 e. The van der Waals surface area contributed by atoms with Crippen molar-refractivity contribution in [2.75, 3.05) is 0 Å². The van der Waals surface area contributed by atoms with Crippen molar-refractivity contribution < 1.29 is 0 Å². The van der Waals surface area contributed by atoms with Crippen molar-refractivity contribution in [1.82, 2.24) is 0 Å². The molecule has 0 fully saturated rings. The van der Waals surface area contributed by atoms with Crippen LogP contribution in [0.3, 0.4) is 0 Å². The second-order valence-electron chi connectivity index (χ2n) is 13.6. The van der Waals surface area contributed by atoms with Gasteiger partial charge in [-0.05, 0) is 111 Å². The van der Waals surface area contributed by atoms with Crippen molar-refractivity contribution >= 4 is 56.7 Å². The Labute approximate surface area is 306 Å². The van der Waals surface area contributed by atoms with Crippen LogP contribution in [0.2, 0.25) is 0 Å². The maximum Gasteiger partial charge on any atom is 0.0484 e. The quantitative estimate of drug-likeness (QED) is 0.0702. The third-order valence-corrected chi connectivity index (χ3v) is 15.8. The standard InChI is InChI=1S/C42H56S5/c1-7-10-13-16-19-31-26-30(6)43-40(31)37-25-24-36(45-37)39-28-33(21-18-15-12-9-3)42(47-39)41-32(20-17-14-11-8-2)27-38(46-41)35-23-22-34(44-35)29(4)5/h22-29H,7-21H2,1-6H3. The van der Waals surface area contributed by atoms with Crippen LogP contribution in [-0.2, 0) is 19.3 Å².